The van der Waals surface area contributed by atoms with Gasteiger partial charge in [-0.05, 0) is 25.2 Å². The van der Waals surface area contributed by atoms with Crippen LogP contribution < -0.4 is 0 Å². The molecule has 0 amide bonds. The van der Waals surface area contributed by atoms with Gasteiger partial charge in [-0.25, -0.2) is 4.98 Å². The van der Waals surface area contributed by atoms with E-state index in [0.717, 1.165) is 41.6 Å². The van der Waals surface area contributed by atoms with Crippen LogP contribution in [0.15, 0.2) is 0 Å². The molecule has 116 valence electrons. The molecule has 3 rings (SSSR count). The van der Waals surface area contributed by atoms with Gasteiger partial charge in [0.25, 0.3) is 0 Å². The molecule has 21 heavy (non-hydrogen) atoms. The summed E-state index contributed by atoms with van der Waals surface area (Å²) in [6, 6.07) is 0. The van der Waals surface area contributed by atoms with Gasteiger partial charge in [-0.1, -0.05) is 32.6 Å². The fraction of sp³-hybridized carbons (Fsp3) is 0.750. The number of halogens is 1. The molecule has 5 heteroatoms. The minimum absolute atomic E-state index is 0.473. The second kappa shape index (κ2) is 6.39. The largest absolute Gasteiger partial charge is 0.312 e. The van der Waals surface area contributed by atoms with E-state index in [9.17, 15) is 0 Å². The summed E-state index contributed by atoms with van der Waals surface area (Å²) in [6.07, 6.45) is 9.16. The molecule has 0 atom stereocenters. The third-order valence-electron chi connectivity index (χ3n) is 4.79. The molecule has 4 nitrogen and oxygen atoms in total. The average molecular weight is 309 g/mol. The number of aromatic nitrogens is 4. The SMILES string of the molecule is CCc1nn(C)c2c1nc(CCl)n2CCCC1CCCC1. The molecule has 0 bridgehead atoms. The molecule has 2 aromatic rings. The summed E-state index contributed by atoms with van der Waals surface area (Å²) in [5, 5.41) is 4.58. The molecule has 0 N–H and O–H groups in total. The highest BCUT2D eigenvalue weighted by molar-refractivity contribution is 6.16. The molecule has 0 aliphatic heterocycles. The molecule has 1 aliphatic carbocycles. The van der Waals surface area contributed by atoms with Crippen LogP contribution in [0.5, 0.6) is 0 Å². The number of nitrogens with zero attached hydrogens (tertiary/aromatic N) is 4. The van der Waals surface area contributed by atoms with E-state index < -0.39 is 0 Å². The van der Waals surface area contributed by atoms with Crippen molar-refractivity contribution in [3.8, 4) is 0 Å². The maximum atomic E-state index is 6.10. The van der Waals surface area contributed by atoms with Crippen LogP contribution in [0.4, 0.5) is 0 Å². The van der Waals surface area contributed by atoms with Crippen molar-refractivity contribution in [2.24, 2.45) is 13.0 Å². The van der Waals surface area contributed by atoms with E-state index in [2.05, 4.69) is 16.6 Å². The Labute approximate surface area is 131 Å². The quantitative estimate of drug-likeness (QED) is 0.755. The standard InChI is InChI=1S/C16H25ClN4/c1-3-13-15-16(20(2)19-13)21(14(11-17)18-15)10-6-9-12-7-4-5-8-12/h12H,3-11H2,1-2H3. The molecule has 0 saturated heterocycles. The zero-order chi connectivity index (χ0) is 14.8. The highest BCUT2D eigenvalue weighted by Gasteiger charge is 2.19. The summed E-state index contributed by atoms with van der Waals surface area (Å²) < 4.78 is 4.25. The van der Waals surface area contributed by atoms with Gasteiger partial charge >= 0.3 is 0 Å². The Hall–Kier alpha value is -1.03. The fourth-order valence-electron chi connectivity index (χ4n) is 3.70. The van der Waals surface area contributed by atoms with Crippen LogP contribution in [-0.2, 0) is 25.9 Å². The molecule has 1 fully saturated rings. The Morgan fingerprint density at radius 1 is 1.29 bits per heavy atom. The lowest BCUT2D eigenvalue weighted by atomic mass is 10.0. The number of imidazole rings is 1. The maximum Gasteiger partial charge on any atom is 0.158 e. The first-order chi connectivity index (χ1) is 10.2. The van der Waals surface area contributed by atoms with Crippen LogP contribution >= 0.6 is 11.6 Å². The van der Waals surface area contributed by atoms with Crippen LogP contribution in [0.2, 0.25) is 0 Å². The third-order valence-corrected chi connectivity index (χ3v) is 5.03. The molecule has 0 unspecified atom stereocenters. The van der Waals surface area contributed by atoms with E-state index in [-0.39, 0.29) is 0 Å². The molecule has 0 radical (unpaired) electrons. The summed E-state index contributed by atoms with van der Waals surface area (Å²) in [5.41, 5.74) is 3.25. The van der Waals surface area contributed by atoms with Crippen molar-refractivity contribution in [2.75, 3.05) is 0 Å². The Morgan fingerprint density at radius 3 is 2.71 bits per heavy atom. The van der Waals surface area contributed by atoms with Crippen molar-refractivity contribution < 1.29 is 0 Å². The Balaban J connectivity index is 1.80. The molecular weight excluding hydrogens is 284 g/mol. The summed E-state index contributed by atoms with van der Waals surface area (Å²) in [7, 11) is 2.01. The number of hydrogen-bond acceptors (Lipinski definition) is 2. The number of aryl methyl sites for hydroxylation is 3. The smallest absolute Gasteiger partial charge is 0.158 e. The first-order valence-electron chi connectivity index (χ1n) is 8.21. The molecule has 1 aliphatic rings. The normalized spacial score (nSPS) is 16.3. The van der Waals surface area contributed by atoms with E-state index >= 15 is 0 Å². The number of hydrogen-bond donors (Lipinski definition) is 0. The number of fused-ring (bicyclic) bond motifs is 1. The minimum Gasteiger partial charge on any atom is -0.312 e. The van der Waals surface area contributed by atoms with Crippen molar-refractivity contribution in [1.29, 1.82) is 0 Å². The summed E-state index contributed by atoms with van der Waals surface area (Å²) >= 11 is 6.10. The van der Waals surface area contributed by atoms with Crippen molar-refractivity contribution in [2.45, 2.75) is 64.3 Å². The zero-order valence-electron chi connectivity index (χ0n) is 13.1. The van der Waals surface area contributed by atoms with Gasteiger partial charge in [0.2, 0.25) is 0 Å². The first kappa shape index (κ1) is 14.9. The second-order valence-corrected chi connectivity index (χ2v) is 6.47. The summed E-state index contributed by atoms with van der Waals surface area (Å²) in [4.78, 5) is 4.72. The molecular formula is C16H25ClN4. The van der Waals surface area contributed by atoms with E-state index in [1.165, 1.54) is 38.5 Å². The Kier molecular flexibility index (Phi) is 4.53. The lowest BCUT2D eigenvalue weighted by Gasteiger charge is -2.11. The minimum atomic E-state index is 0.473. The lowest BCUT2D eigenvalue weighted by molar-refractivity contribution is 0.457. The predicted molar refractivity (Wildman–Crippen MR) is 86.6 cm³/mol. The van der Waals surface area contributed by atoms with E-state index in [1.807, 2.05) is 11.7 Å². The number of alkyl halides is 1. The van der Waals surface area contributed by atoms with Gasteiger partial charge in [0.1, 0.15) is 11.3 Å². The molecule has 0 aromatic carbocycles. The lowest BCUT2D eigenvalue weighted by Crippen LogP contribution is -2.08. The Morgan fingerprint density at radius 2 is 2.05 bits per heavy atom. The Bertz CT molecular complexity index is 607. The van der Waals surface area contributed by atoms with Gasteiger partial charge in [0, 0.05) is 13.6 Å². The topological polar surface area (TPSA) is 35.6 Å². The van der Waals surface area contributed by atoms with Crippen molar-refractivity contribution >= 4 is 22.8 Å². The van der Waals surface area contributed by atoms with E-state index in [0.29, 0.717) is 5.88 Å². The zero-order valence-corrected chi connectivity index (χ0v) is 13.9. The van der Waals surface area contributed by atoms with Crippen molar-refractivity contribution in [1.82, 2.24) is 19.3 Å². The predicted octanol–water partition coefficient (Wildman–Crippen LogP) is 4.04. The third kappa shape index (κ3) is 2.83. The summed E-state index contributed by atoms with van der Waals surface area (Å²) in [5.74, 6) is 2.41. The molecule has 2 aromatic heterocycles. The van der Waals surface area contributed by atoms with E-state index in [1.54, 1.807) is 0 Å². The van der Waals surface area contributed by atoms with Gasteiger partial charge < -0.3 is 4.57 Å². The molecule has 1 saturated carbocycles. The van der Waals surface area contributed by atoms with E-state index in [4.69, 9.17) is 16.6 Å². The van der Waals surface area contributed by atoms with Gasteiger partial charge in [-0.3, -0.25) is 4.68 Å². The van der Waals surface area contributed by atoms with Crippen LogP contribution in [0, 0.1) is 5.92 Å². The fourth-order valence-corrected chi connectivity index (χ4v) is 3.90. The first-order valence-corrected chi connectivity index (χ1v) is 8.75. The molecule has 0 spiro atoms. The van der Waals surface area contributed by atoms with Crippen molar-refractivity contribution in [3.05, 3.63) is 11.5 Å². The maximum absolute atomic E-state index is 6.10. The van der Waals surface area contributed by atoms with Crippen LogP contribution in [0.25, 0.3) is 11.2 Å². The van der Waals surface area contributed by atoms with Gasteiger partial charge in [0.15, 0.2) is 5.65 Å². The van der Waals surface area contributed by atoms with Gasteiger partial charge in [-0.2, -0.15) is 5.10 Å². The second-order valence-electron chi connectivity index (χ2n) is 6.20. The van der Waals surface area contributed by atoms with Crippen LogP contribution in [-0.4, -0.2) is 19.3 Å². The average Bonchev–Trinajstić information content (AvgIpc) is 3.17. The van der Waals surface area contributed by atoms with Crippen LogP contribution in [0.3, 0.4) is 0 Å². The molecule has 2 heterocycles. The highest BCUT2D eigenvalue weighted by atomic mass is 35.5. The van der Waals surface area contributed by atoms with Gasteiger partial charge in [-0.15, -0.1) is 11.6 Å². The summed E-state index contributed by atoms with van der Waals surface area (Å²) in [6.45, 7) is 3.14. The monoisotopic (exact) mass is 308 g/mol. The van der Waals surface area contributed by atoms with Crippen molar-refractivity contribution in [3.63, 3.8) is 0 Å². The van der Waals surface area contributed by atoms with Gasteiger partial charge in [0.05, 0.1) is 11.6 Å². The highest BCUT2D eigenvalue weighted by Crippen LogP contribution is 2.29. The number of rotatable bonds is 6. The van der Waals surface area contributed by atoms with Crippen LogP contribution in [0.1, 0.15) is 57.0 Å².